The van der Waals surface area contributed by atoms with Gasteiger partial charge in [0.1, 0.15) is 22.8 Å². The Bertz CT molecular complexity index is 1890. The van der Waals surface area contributed by atoms with Gasteiger partial charge in [-0.1, -0.05) is 44.2 Å². The van der Waals surface area contributed by atoms with Crippen molar-refractivity contribution in [1.82, 2.24) is 10.3 Å². The van der Waals surface area contributed by atoms with E-state index in [0.29, 0.717) is 12.0 Å². The molecule has 0 aliphatic heterocycles. The summed E-state index contributed by atoms with van der Waals surface area (Å²) in [5.74, 6) is -2.91. The number of carbonyl (C=O) groups is 2. The van der Waals surface area contributed by atoms with Crippen molar-refractivity contribution in [3.63, 3.8) is 0 Å². The predicted molar refractivity (Wildman–Crippen MR) is 161 cm³/mol. The van der Waals surface area contributed by atoms with E-state index in [-0.39, 0.29) is 45.8 Å². The molecule has 0 fully saturated rings. The molecule has 1 atom stereocenters. The Morgan fingerprint density at radius 1 is 0.977 bits per heavy atom. The lowest BCUT2D eigenvalue weighted by Gasteiger charge is -2.16. The van der Waals surface area contributed by atoms with E-state index in [2.05, 4.69) is 10.3 Å². The van der Waals surface area contributed by atoms with Crippen molar-refractivity contribution in [2.45, 2.75) is 39.7 Å². The number of H-pyrrole nitrogens is 1. The number of amides is 1. The molecule has 0 aliphatic rings. The first-order valence-corrected chi connectivity index (χ1v) is 13.8. The monoisotopic (exact) mass is 584 g/mol. The van der Waals surface area contributed by atoms with Gasteiger partial charge in [-0.25, -0.2) is 4.79 Å². The van der Waals surface area contributed by atoms with Crippen molar-refractivity contribution in [1.29, 1.82) is 0 Å². The highest BCUT2D eigenvalue weighted by atomic mass is 16.5. The van der Waals surface area contributed by atoms with E-state index in [0.717, 1.165) is 16.6 Å². The summed E-state index contributed by atoms with van der Waals surface area (Å²) in [4.78, 5) is 42.5. The molecule has 1 unspecified atom stereocenters. The van der Waals surface area contributed by atoms with Crippen LogP contribution in [0.4, 0.5) is 0 Å². The van der Waals surface area contributed by atoms with E-state index in [1.165, 1.54) is 19.2 Å². The second-order valence-electron chi connectivity index (χ2n) is 10.9. The summed E-state index contributed by atoms with van der Waals surface area (Å²) < 4.78 is 10.9. The Morgan fingerprint density at radius 2 is 1.67 bits per heavy atom. The molecular weight excluding hydrogens is 552 g/mol. The first-order chi connectivity index (χ1) is 20.5. The highest BCUT2D eigenvalue weighted by Crippen LogP contribution is 2.45. The number of hydrogen-bond donors (Lipinski definition) is 5. The van der Waals surface area contributed by atoms with Gasteiger partial charge in [0.2, 0.25) is 11.2 Å². The van der Waals surface area contributed by atoms with E-state index >= 15 is 0 Å². The summed E-state index contributed by atoms with van der Waals surface area (Å²) in [5.41, 5.74) is 2.07. The van der Waals surface area contributed by atoms with Crippen LogP contribution in [0.15, 0.2) is 63.8 Å². The van der Waals surface area contributed by atoms with Crippen LogP contribution in [0.3, 0.4) is 0 Å². The summed E-state index contributed by atoms with van der Waals surface area (Å²) in [7, 11) is 1.25. The second kappa shape index (κ2) is 11.6. The molecular formula is C33H32N2O8. The number of phenols is 3. The first kappa shape index (κ1) is 29.2. The molecule has 2 heterocycles. The maximum atomic E-state index is 13.6. The number of aromatic nitrogens is 1. The van der Waals surface area contributed by atoms with E-state index < -0.39 is 40.6 Å². The maximum Gasteiger partial charge on any atom is 0.328 e. The van der Waals surface area contributed by atoms with Crippen molar-refractivity contribution < 1.29 is 34.1 Å². The van der Waals surface area contributed by atoms with Gasteiger partial charge in [0.25, 0.3) is 5.91 Å². The number of hydrogen-bond acceptors (Lipinski definition) is 8. The number of aromatic amines is 1. The zero-order valence-corrected chi connectivity index (χ0v) is 24.1. The number of aromatic hydroxyl groups is 3. The summed E-state index contributed by atoms with van der Waals surface area (Å²) in [6, 6.07) is 14.7. The topological polar surface area (TPSA) is 162 Å². The number of nitrogens with one attached hydrogen (secondary N) is 2. The number of methoxy groups -OCH3 is 1. The summed E-state index contributed by atoms with van der Waals surface area (Å²) in [5, 5.41) is 34.9. The molecule has 10 heteroatoms. The number of esters is 1. The number of aryl methyl sites for hydroxylation is 1. The summed E-state index contributed by atoms with van der Waals surface area (Å²) in [6.07, 6.45) is 0.488. The van der Waals surface area contributed by atoms with Gasteiger partial charge in [0.15, 0.2) is 11.5 Å². The SMILES string of the molecule is COC(=O)C(Cc1cc2ccccc2[nH]1)NC(=O)c1ccc(-c2c(C)oc3c(CC(C)C)c(O)c(O)c(O)c3c2=O)cc1. The second-order valence-corrected chi connectivity index (χ2v) is 10.9. The molecule has 0 bridgehead atoms. The molecule has 0 aliphatic carbocycles. The lowest BCUT2D eigenvalue weighted by molar-refractivity contribution is -0.142. The van der Waals surface area contributed by atoms with E-state index in [4.69, 9.17) is 9.15 Å². The molecule has 5 N–H and O–H groups in total. The molecule has 1 amide bonds. The molecule has 0 saturated heterocycles. The lowest BCUT2D eigenvalue weighted by Crippen LogP contribution is -2.43. The van der Waals surface area contributed by atoms with Gasteiger partial charge in [-0.2, -0.15) is 0 Å². The van der Waals surface area contributed by atoms with Crippen molar-refractivity contribution >= 4 is 33.7 Å². The minimum atomic E-state index is -0.952. The number of fused-ring (bicyclic) bond motifs is 2. The number of phenolic OH excluding ortho intramolecular Hbond substituents is 3. The Morgan fingerprint density at radius 3 is 2.33 bits per heavy atom. The van der Waals surface area contributed by atoms with Crippen LogP contribution in [-0.2, 0) is 22.4 Å². The van der Waals surface area contributed by atoms with E-state index in [1.54, 1.807) is 19.1 Å². The van der Waals surface area contributed by atoms with Crippen LogP contribution in [0.2, 0.25) is 0 Å². The molecule has 222 valence electrons. The average Bonchev–Trinajstić information content (AvgIpc) is 3.40. The lowest BCUT2D eigenvalue weighted by atomic mass is 9.95. The third-order valence-corrected chi connectivity index (χ3v) is 7.38. The van der Waals surface area contributed by atoms with Crippen LogP contribution in [0, 0.1) is 12.8 Å². The molecule has 0 saturated carbocycles. The number of rotatable bonds is 8. The third-order valence-electron chi connectivity index (χ3n) is 7.38. The molecule has 2 aromatic heterocycles. The third kappa shape index (κ3) is 5.51. The molecule has 3 aromatic carbocycles. The van der Waals surface area contributed by atoms with Gasteiger partial charge in [-0.3, -0.25) is 9.59 Å². The van der Waals surface area contributed by atoms with E-state index in [1.807, 2.05) is 44.2 Å². The fourth-order valence-electron chi connectivity index (χ4n) is 5.31. The van der Waals surface area contributed by atoms with Crippen LogP contribution in [0.25, 0.3) is 33.0 Å². The highest BCUT2D eigenvalue weighted by molar-refractivity contribution is 5.98. The van der Waals surface area contributed by atoms with Crippen molar-refractivity contribution in [3.8, 4) is 28.4 Å². The van der Waals surface area contributed by atoms with Gasteiger partial charge in [-0.15, -0.1) is 0 Å². The average molecular weight is 585 g/mol. The van der Waals surface area contributed by atoms with Crippen LogP contribution in [0.5, 0.6) is 17.2 Å². The maximum absolute atomic E-state index is 13.6. The fourth-order valence-corrected chi connectivity index (χ4v) is 5.31. The normalized spacial score (nSPS) is 12.1. The smallest absolute Gasteiger partial charge is 0.328 e. The molecule has 10 nitrogen and oxygen atoms in total. The molecule has 0 radical (unpaired) electrons. The minimum Gasteiger partial charge on any atom is -0.504 e. The zero-order chi connectivity index (χ0) is 31.0. The van der Waals surface area contributed by atoms with Crippen molar-refractivity contribution in [3.05, 3.63) is 87.4 Å². The first-order valence-electron chi connectivity index (χ1n) is 13.8. The number of ether oxygens (including phenoxy) is 1. The Balaban J connectivity index is 1.45. The Kier molecular flexibility index (Phi) is 7.86. The van der Waals surface area contributed by atoms with Crippen LogP contribution in [0.1, 0.15) is 41.2 Å². The van der Waals surface area contributed by atoms with Crippen molar-refractivity contribution in [2.75, 3.05) is 7.11 Å². The Hall–Kier alpha value is -5.25. The van der Waals surface area contributed by atoms with Gasteiger partial charge in [0, 0.05) is 28.8 Å². The molecule has 0 spiro atoms. The molecule has 5 rings (SSSR count). The van der Waals surface area contributed by atoms with Crippen LogP contribution in [-0.4, -0.2) is 45.3 Å². The largest absolute Gasteiger partial charge is 0.504 e. The van der Waals surface area contributed by atoms with Gasteiger partial charge in [-0.05, 0) is 54.5 Å². The van der Waals surface area contributed by atoms with Crippen LogP contribution < -0.4 is 10.7 Å². The predicted octanol–water partition coefficient (Wildman–Crippen LogP) is 5.08. The standard InChI is InChI=1S/C33H32N2O8/c1-16(2)13-22-27(36)30(39)29(38)26-28(37)25(17(3)43-31(22)26)18-9-11-19(12-10-18)32(40)35-24(33(41)42-4)15-21-14-20-7-5-6-8-23(20)34-21/h5-12,14,16,24,34,36,38-39H,13,15H2,1-4H3,(H,35,40). The van der Waals surface area contributed by atoms with E-state index in [9.17, 15) is 29.7 Å². The number of carbonyl (C=O) groups excluding carboxylic acids is 2. The summed E-state index contributed by atoms with van der Waals surface area (Å²) in [6.45, 7) is 5.39. The Labute approximate surface area is 246 Å². The van der Waals surface area contributed by atoms with Crippen molar-refractivity contribution in [2.24, 2.45) is 5.92 Å². The fraction of sp³-hybridized carbons (Fsp3) is 0.242. The molecule has 43 heavy (non-hydrogen) atoms. The van der Waals surface area contributed by atoms with Gasteiger partial charge < -0.3 is 34.8 Å². The quantitative estimate of drug-likeness (QED) is 0.125. The van der Waals surface area contributed by atoms with Gasteiger partial charge in [0.05, 0.1) is 12.7 Å². The zero-order valence-electron chi connectivity index (χ0n) is 24.1. The van der Waals surface area contributed by atoms with Crippen LogP contribution >= 0.6 is 0 Å². The summed E-state index contributed by atoms with van der Waals surface area (Å²) >= 11 is 0. The minimum absolute atomic E-state index is 0.00700. The number of para-hydroxylation sites is 1. The molecule has 5 aromatic rings. The van der Waals surface area contributed by atoms with Gasteiger partial charge >= 0.3 is 5.97 Å². The number of benzene rings is 3. The highest BCUT2D eigenvalue weighted by Gasteiger charge is 2.27.